The second-order valence-electron chi connectivity index (χ2n) is 4.90. The molecule has 1 heterocycles. The number of carboxylic acid groups (broad SMARTS) is 1. The van der Waals surface area contributed by atoms with E-state index >= 15 is 0 Å². The Morgan fingerprint density at radius 1 is 1.33 bits per heavy atom. The lowest BCUT2D eigenvalue weighted by molar-refractivity contribution is -0.139. The van der Waals surface area contributed by atoms with Gasteiger partial charge in [-0.05, 0) is 12.5 Å². The molecule has 0 aromatic heterocycles. The molecule has 1 aromatic carbocycles. The number of hydrogen-bond acceptors (Lipinski definition) is 6. The Balaban J connectivity index is 0.000000300. The number of carbonyl (C=O) groups is 4. The number of aliphatic hydroxyl groups excluding tert-OH is 1. The predicted molar refractivity (Wildman–Crippen MR) is 80.6 cm³/mol. The van der Waals surface area contributed by atoms with Crippen molar-refractivity contribution in [2.45, 2.75) is 32.1 Å². The van der Waals surface area contributed by atoms with Crippen LogP contribution in [0, 0.1) is 0 Å². The van der Waals surface area contributed by atoms with Crippen LogP contribution < -0.4 is 10.6 Å². The third kappa shape index (κ3) is 6.88. The molecule has 9 nitrogen and oxygen atoms in total. The van der Waals surface area contributed by atoms with Crippen LogP contribution in [0.3, 0.4) is 0 Å². The standard InChI is InChI=1S/C11H13NO4.C4H5NO3/c1-8(10(13)14)12-11(15)16-7-9-5-3-2-4-6-9;6-2-1-3(7)5-4(2)8/h2-6,8H,7H2,1H3,(H,12,15)(H,13,14);2,6H,1H2,(H,5,7,8). The second-order valence-corrected chi connectivity index (χ2v) is 4.90. The highest BCUT2D eigenvalue weighted by Gasteiger charge is 2.27. The lowest BCUT2D eigenvalue weighted by Gasteiger charge is -2.09. The molecule has 1 aromatic rings. The summed E-state index contributed by atoms with van der Waals surface area (Å²) >= 11 is 0. The summed E-state index contributed by atoms with van der Waals surface area (Å²) in [5.41, 5.74) is 0.848. The molecule has 0 radical (unpaired) electrons. The minimum absolute atomic E-state index is 0.0845. The highest BCUT2D eigenvalue weighted by atomic mass is 16.5. The van der Waals surface area contributed by atoms with Gasteiger partial charge in [-0.25, -0.2) is 4.79 Å². The van der Waals surface area contributed by atoms with E-state index in [1.807, 2.05) is 35.6 Å². The first-order chi connectivity index (χ1) is 11.3. The Morgan fingerprint density at radius 2 is 1.96 bits per heavy atom. The number of nitrogens with one attached hydrogen (secondary N) is 2. The van der Waals surface area contributed by atoms with E-state index in [0.29, 0.717) is 0 Å². The fourth-order valence-corrected chi connectivity index (χ4v) is 1.54. The molecule has 4 N–H and O–H groups in total. The average molecular weight is 338 g/mol. The molecule has 9 heteroatoms. The van der Waals surface area contributed by atoms with Gasteiger partial charge in [0.1, 0.15) is 18.8 Å². The zero-order valence-corrected chi connectivity index (χ0v) is 12.9. The number of carboxylic acids is 1. The van der Waals surface area contributed by atoms with Crippen molar-refractivity contribution in [1.29, 1.82) is 0 Å². The molecule has 130 valence electrons. The summed E-state index contributed by atoms with van der Waals surface area (Å²) < 4.78 is 4.84. The summed E-state index contributed by atoms with van der Waals surface area (Å²) in [6.45, 7) is 1.49. The van der Waals surface area contributed by atoms with Gasteiger partial charge in [-0.15, -0.1) is 0 Å². The van der Waals surface area contributed by atoms with Gasteiger partial charge in [0.05, 0.1) is 6.42 Å². The van der Waals surface area contributed by atoms with Crippen LogP contribution in [0.2, 0.25) is 0 Å². The first-order valence-corrected chi connectivity index (χ1v) is 7.01. The van der Waals surface area contributed by atoms with Crippen LogP contribution in [-0.2, 0) is 25.7 Å². The maximum Gasteiger partial charge on any atom is 0.408 e. The van der Waals surface area contributed by atoms with E-state index in [9.17, 15) is 19.2 Å². The van der Waals surface area contributed by atoms with E-state index < -0.39 is 36.0 Å². The normalized spacial score (nSPS) is 17.2. The summed E-state index contributed by atoms with van der Waals surface area (Å²) in [7, 11) is 0. The molecule has 1 aliphatic heterocycles. The maximum atomic E-state index is 11.1. The lowest BCUT2D eigenvalue weighted by Crippen LogP contribution is -2.38. The van der Waals surface area contributed by atoms with Crippen LogP contribution >= 0.6 is 0 Å². The SMILES string of the molecule is CC(NC(=O)OCc1ccccc1)C(=O)O.O=C1CC(O)C(=O)N1. The third-order valence-corrected chi connectivity index (χ3v) is 2.86. The summed E-state index contributed by atoms with van der Waals surface area (Å²) in [5.74, 6) is -2.09. The van der Waals surface area contributed by atoms with E-state index in [2.05, 4.69) is 5.32 Å². The molecule has 0 aliphatic carbocycles. The minimum Gasteiger partial charge on any atom is -0.480 e. The Morgan fingerprint density at radius 3 is 2.38 bits per heavy atom. The zero-order valence-electron chi connectivity index (χ0n) is 12.9. The van der Waals surface area contributed by atoms with Crippen molar-refractivity contribution in [3.05, 3.63) is 35.9 Å². The van der Waals surface area contributed by atoms with Crippen molar-refractivity contribution in [1.82, 2.24) is 10.6 Å². The Hall–Kier alpha value is -2.94. The zero-order chi connectivity index (χ0) is 18.1. The third-order valence-electron chi connectivity index (χ3n) is 2.86. The van der Waals surface area contributed by atoms with Gasteiger partial charge in [-0.3, -0.25) is 19.7 Å². The van der Waals surface area contributed by atoms with E-state index in [-0.39, 0.29) is 13.0 Å². The smallest absolute Gasteiger partial charge is 0.408 e. The summed E-state index contributed by atoms with van der Waals surface area (Å²) in [4.78, 5) is 41.9. The molecule has 2 unspecified atom stereocenters. The van der Waals surface area contributed by atoms with Crippen LogP contribution in [0.4, 0.5) is 4.79 Å². The van der Waals surface area contributed by atoms with Crippen molar-refractivity contribution in [2.24, 2.45) is 0 Å². The van der Waals surface area contributed by atoms with Crippen molar-refractivity contribution in [3.8, 4) is 0 Å². The van der Waals surface area contributed by atoms with E-state index in [1.54, 1.807) is 0 Å². The fraction of sp³-hybridized carbons (Fsp3) is 0.333. The second kappa shape index (κ2) is 9.26. The van der Waals surface area contributed by atoms with Gasteiger partial charge in [-0.1, -0.05) is 30.3 Å². The fourth-order valence-electron chi connectivity index (χ4n) is 1.54. The Bertz CT molecular complexity index is 603. The summed E-state index contributed by atoms with van der Waals surface area (Å²) in [5, 5.41) is 21.2. The number of alkyl carbamates (subject to hydrolysis) is 1. The molecular weight excluding hydrogens is 320 g/mol. The van der Waals surface area contributed by atoms with Crippen LogP contribution in [0.25, 0.3) is 0 Å². The quantitative estimate of drug-likeness (QED) is 0.556. The number of imide groups is 1. The van der Waals surface area contributed by atoms with E-state index in [1.165, 1.54) is 6.92 Å². The van der Waals surface area contributed by atoms with Gasteiger partial charge in [0.2, 0.25) is 5.91 Å². The van der Waals surface area contributed by atoms with Crippen molar-refractivity contribution in [2.75, 3.05) is 0 Å². The molecule has 1 fully saturated rings. The molecule has 2 rings (SSSR count). The van der Waals surface area contributed by atoms with Crippen LogP contribution in [0.1, 0.15) is 18.9 Å². The van der Waals surface area contributed by atoms with Crippen molar-refractivity contribution in [3.63, 3.8) is 0 Å². The lowest BCUT2D eigenvalue weighted by atomic mass is 10.2. The number of amides is 3. The largest absolute Gasteiger partial charge is 0.480 e. The molecule has 0 spiro atoms. The monoisotopic (exact) mass is 338 g/mol. The Kier molecular flexibility index (Phi) is 7.37. The van der Waals surface area contributed by atoms with Crippen molar-refractivity contribution >= 4 is 23.9 Å². The molecule has 1 saturated heterocycles. The number of aliphatic carboxylic acids is 1. The number of ether oxygens (including phenoxy) is 1. The van der Waals surface area contributed by atoms with Gasteiger partial charge in [-0.2, -0.15) is 0 Å². The number of hydrogen-bond donors (Lipinski definition) is 4. The summed E-state index contributed by atoms with van der Waals surface area (Å²) in [6.07, 6.45) is -1.93. The molecular formula is C15H18N2O7. The molecule has 2 atom stereocenters. The predicted octanol–water partition coefficient (Wildman–Crippen LogP) is -0.220. The van der Waals surface area contributed by atoms with E-state index in [4.69, 9.17) is 14.9 Å². The number of rotatable bonds is 4. The number of benzene rings is 1. The molecule has 0 bridgehead atoms. The molecule has 24 heavy (non-hydrogen) atoms. The van der Waals surface area contributed by atoms with Gasteiger partial charge >= 0.3 is 12.1 Å². The van der Waals surface area contributed by atoms with Crippen LogP contribution in [0.15, 0.2) is 30.3 Å². The highest BCUT2D eigenvalue weighted by molar-refractivity contribution is 6.04. The summed E-state index contributed by atoms with van der Waals surface area (Å²) in [6, 6.07) is 8.19. The van der Waals surface area contributed by atoms with Gasteiger partial charge < -0.3 is 20.3 Å². The Labute approximate surface area is 137 Å². The molecule has 3 amide bonds. The topological polar surface area (TPSA) is 142 Å². The van der Waals surface area contributed by atoms with Gasteiger partial charge in [0.25, 0.3) is 5.91 Å². The van der Waals surface area contributed by atoms with Crippen LogP contribution in [0.5, 0.6) is 0 Å². The number of carbonyl (C=O) groups excluding carboxylic acids is 3. The molecule has 1 aliphatic rings. The highest BCUT2D eigenvalue weighted by Crippen LogP contribution is 2.00. The van der Waals surface area contributed by atoms with Crippen LogP contribution in [-0.4, -0.2) is 46.2 Å². The minimum atomic E-state index is -1.11. The first-order valence-electron chi connectivity index (χ1n) is 7.01. The van der Waals surface area contributed by atoms with Gasteiger partial charge in [0.15, 0.2) is 0 Å². The molecule has 0 saturated carbocycles. The van der Waals surface area contributed by atoms with Gasteiger partial charge in [0, 0.05) is 0 Å². The van der Waals surface area contributed by atoms with Crippen molar-refractivity contribution < 1.29 is 34.1 Å². The first kappa shape index (κ1) is 19.1. The average Bonchev–Trinajstić information content (AvgIpc) is 2.83. The number of aliphatic hydroxyl groups is 1. The maximum absolute atomic E-state index is 11.1. The van der Waals surface area contributed by atoms with E-state index in [0.717, 1.165) is 5.56 Å².